The molecule has 0 bridgehead atoms. The Bertz CT molecular complexity index is 482. The second-order valence-corrected chi connectivity index (χ2v) is 27.7. The summed E-state index contributed by atoms with van der Waals surface area (Å²) in [4.78, 5) is 9.98. The van der Waals surface area contributed by atoms with Gasteiger partial charge in [0.1, 0.15) is 0 Å². The molecule has 0 amide bonds. The van der Waals surface area contributed by atoms with E-state index in [-0.39, 0.29) is 0 Å². The minimum atomic E-state index is -2.11. The summed E-state index contributed by atoms with van der Waals surface area (Å²) in [5, 5.41) is 0. The van der Waals surface area contributed by atoms with Crippen LogP contribution < -0.4 is 0 Å². The van der Waals surface area contributed by atoms with Crippen molar-refractivity contribution in [3.05, 3.63) is 0 Å². The van der Waals surface area contributed by atoms with Crippen LogP contribution in [0.25, 0.3) is 0 Å². The van der Waals surface area contributed by atoms with E-state index < -0.39 is 24.7 Å². The fourth-order valence-electron chi connectivity index (χ4n) is 4.56. The second kappa shape index (κ2) is 13.5. The van der Waals surface area contributed by atoms with Crippen molar-refractivity contribution in [3.63, 3.8) is 0 Å². The number of rotatable bonds is 10. The first-order chi connectivity index (χ1) is 14.7. The molecule has 0 saturated carbocycles. The Morgan fingerprint density at radius 2 is 1.12 bits per heavy atom. The first-order valence-electron chi connectivity index (χ1n) is 12.7. The van der Waals surface area contributed by atoms with Crippen molar-refractivity contribution in [2.45, 2.75) is 69.9 Å². The molecule has 0 atom stereocenters. The summed E-state index contributed by atoms with van der Waals surface area (Å²) in [5.74, 6) is 0. The van der Waals surface area contributed by atoms with Gasteiger partial charge in [-0.05, 0) is 45.3 Å². The molecule has 0 spiro atoms. The number of nitrogens with zero attached hydrogens (tertiary/aromatic N) is 4. The van der Waals surface area contributed by atoms with Gasteiger partial charge in [0.05, 0.1) is 13.3 Å². The molecule has 0 aliphatic carbocycles. The highest BCUT2D eigenvalue weighted by Crippen LogP contribution is 2.32. The molecular weight excluding hydrogens is 449 g/mol. The van der Waals surface area contributed by atoms with Crippen molar-refractivity contribution in [2.24, 2.45) is 0 Å². The predicted octanol–water partition coefficient (Wildman–Crippen LogP) is 4.18. The summed E-state index contributed by atoms with van der Waals surface area (Å²) in [6.07, 6.45) is 0. The van der Waals surface area contributed by atoms with Crippen LogP contribution in [0.3, 0.4) is 0 Å². The Morgan fingerprint density at radius 1 is 0.719 bits per heavy atom. The standard InChI is InChI=1S/C18H44N2O2Si3.C5H12N2/c1-10-25(21-2,22-3)18-15-19(11-13-23(4,5)6)17-20(16-18)12-14-24(7,8)9;1-6-3-4-7(2)5-6/h18H,10-17H2,1-9H3;3-5H2,1-2H3. The van der Waals surface area contributed by atoms with E-state index in [1.54, 1.807) is 0 Å². The first-order valence-corrected chi connectivity index (χ1v) is 22.2. The van der Waals surface area contributed by atoms with Gasteiger partial charge in [0.2, 0.25) is 0 Å². The lowest BCUT2D eigenvalue weighted by Gasteiger charge is -2.46. The van der Waals surface area contributed by atoms with Crippen LogP contribution in [-0.2, 0) is 8.85 Å². The van der Waals surface area contributed by atoms with E-state index in [1.807, 2.05) is 14.2 Å². The Labute approximate surface area is 203 Å². The Balaban J connectivity index is 0.000000616. The lowest BCUT2D eigenvalue weighted by Crippen LogP contribution is -2.58. The fraction of sp³-hybridized carbons (Fsp3) is 1.00. The molecule has 2 heterocycles. The zero-order valence-corrected chi connectivity index (χ0v) is 26.5. The zero-order valence-electron chi connectivity index (χ0n) is 23.5. The Kier molecular flexibility index (Phi) is 12.8. The molecule has 32 heavy (non-hydrogen) atoms. The molecule has 0 aromatic rings. The van der Waals surface area contributed by atoms with Crippen molar-refractivity contribution >= 4 is 24.7 Å². The van der Waals surface area contributed by atoms with Crippen LogP contribution in [0.2, 0.25) is 63.0 Å². The average molecular weight is 505 g/mol. The molecule has 0 N–H and O–H groups in total. The number of likely N-dealkylation sites (N-methyl/N-ethyl adjacent to an activating group) is 2. The largest absolute Gasteiger partial charge is 0.397 e. The highest BCUT2D eigenvalue weighted by Gasteiger charge is 2.46. The van der Waals surface area contributed by atoms with Crippen molar-refractivity contribution in [1.29, 1.82) is 0 Å². The monoisotopic (exact) mass is 504 g/mol. The normalized spacial score (nSPS) is 21.1. The summed E-state index contributed by atoms with van der Waals surface area (Å²) in [6, 6.07) is 3.79. The maximum atomic E-state index is 6.04. The maximum absolute atomic E-state index is 6.04. The summed E-state index contributed by atoms with van der Waals surface area (Å²) in [5.41, 5.74) is 0.546. The first kappa shape index (κ1) is 30.4. The third-order valence-corrected chi connectivity index (χ3v) is 14.3. The van der Waals surface area contributed by atoms with E-state index in [1.165, 1.54) is 38.3 Å². The van der Waals surface area contributed by atoms with E-state index in [0.717, 1.165) is 32.5 Å². The van der Waals surface area contributed by atoms with E-state index in [0.29, 0.717) is 5.54 Å². The molecule has 9 heteroatoms. The van der Waals surface area contributed by atoms with E-state index >= 15 is 0 Å². The van der Waals surface area contributed by atoms with Gasteiger partial charge >= 0.3 is 8.56 Å². The van der Waals surface area contributed by atoms with Crippen LogP contribution in [0.15, 0.2) is 0 Å². The van der Waals surface area contributed by atoms with Gasteiger partial charge in [0.15, 0.2) is 0 Å². The molecule has 2 saturated heterocycles. The summed E-state index contributed by atoms with van der Waals surface area (Å²) < 4.78 is 12.1. The summed E-state index contributed by atoms with van der Waals surface area (Å²) >= 11 is 0. The van der Waals surface area contributed by atoms with E-state index in [4.69, 9.17) is 8.85 Å². The zero-order chi connectivity index (χ0) is 24.6. The number of hydrogen-bond donors (Lipinski definition) is 0. The molecule has 2 aliphatic heterocycles. The SMILES string of the molecule is CC[Si](OC)(OC)C1CN(CC[Si](C)(C)C)CN(CC[Si](C)(C)C)C1.CN1CCN(C)C1. The van der Waals surface area contributed by atoms with Crippen molar-refractivity contribution in [2.75, 3.05) is 80.9 Å². The van der Waals surface area contributed by atoms with Crippen LogP contribution >= 0.6 is 0 Å². The summed E-state index contributed by atoms with van der Waals surface area (Å²) in [6.45, 7) is 26.6. The maximum Gasteiger partial charge on any atom is 0.343 e. The highest BCUT2D eigenvalue weighted by molar-refractivity contribution is 6.76. The predicted molar refractivity (Wildman–Crippen MR) is 148 cm³/mol. The summed E-state index contributed by atoms with van der Waals surface area (Å²) in [7, 11) is 3.89. The second-order valence-electron chi connectivity index (χ2n) is 12.5. The van der Waals surface area contributed by atoms with Gasteiger partial charge in [-0.1, -0.05) is 46.2 Å². The Hall–Kier alpha value is 0.411. The molecule has 192 valence electrons. The Morgan fingerprint density at radius 3 is 1.38 bits per heavy atom. The van der Waals surface area contributed by atoms with Gasteiger partial charge in [-0.3, -0.25) is 19.6 Å². The van der Waals surface area contributed by atoms with E-state index in [2.05, 4.69) is 79.9 Å². The van der Waals surface area contributed by atoms with Crippen LogP contribution in [0, 0.1) is 0 Å². The molecule has 6 nitrogen and oxygen atoms in total. The van der Waals surface area contributed by atoms with Gasteiger partial charge in [-0.15, -0.1) is 0 Å². The van der Waals surface area contributed by atoms with Crippen LogP contribution in [-0.4, -0.2) is 125 Å². The highest BCUT2D eigenvalue weighted by atomic mass is 28.4. The lowest BCUT2D eigenvalue weighted by atomic mass is 10.3. The molecular formula is C23H56N4O2Si3. The molecule has 0 radical (unpaired) electrons. The van der Waals surface area contributed by atoms with Crippen LogP contribution in [0.5, 0.6) is 0 Å². The van der Waals surface area contributed by atoms with Gasteiger partial charge < -0.3 is 8.85 Å². The average Bonchev–Trinajstić information content (AvgIpc) is 3.09. The molecule has 0 aromatic carbocycles. The molecule has 2 aliphatic rings. The minimum Gasteiger partial charge on any atom is -0.397 e. The van der Waals surface area contributed by atoms with E-state index in [9.17, 15) is 0 Å². The third kappa shape index (κ3) is 11.2. The van der Waals surface area contributed by atoms with Gasteiger partial charge in [0.25, 0.3) is 0 Å². The molecule has 2 rings (SSSR count). The molecule has 0 aromatic heterocycles. The lowest BCUT2D eigenvalue weighted by molar-refractivity contribution is 0.0767. The molecule has 2 fully saturated rings. The van der Waals surface area contributed by atoms with Crippen LogP contribution in [0.1, 0.15) is 6.92 Å². The van der Waals surface area contributed by atoms with Gasteiger partial charge in [-0.2, -0.15) is 0 Å². The van der Waals surface area contributed by atoms with Crippen molar-refractivity contribution in [1.82, 2.24) is 19.6 Å². The smallest absolute Gasteiger partial charge is 0.343 e. The number of hydrogen-bond acceptors (Lipinski definition) is 6. The van der Waals surface area contributed by atoms with Crippen molar-refractivity contribution in [3.8, 4) is 0 Å². The van der Waals surface area contributed by atoms with Gasteiger partial charge in [-0.25, -0.2) is 0 Å². The van der Waals surface area contributed by atoms with Crippen molar-refractivity contribution < 1.29 is 8.85 Å². The minimum absolute atomic E-state index is 0.546. The third-order valence-electron chi connectivity index (χ3n) is 6.87. The molecule has 0 unspecified atom stereocenters. The van der Waals surface area contributed by atoms with Gasteiger partial charge in [0, 0.05) is 62.1 Å². The van der Waals surface area contributed by atoms with Crippen LogP contribution in [0.4, 0.5) is 0 Å². The fourth-order valence-corrected chi connectivity index (χ4v) is 9.59. The topological polar surface area (TPSA) is 31.4 Å². The quantitative estimate of drug-likeness (QED) is 0.415.